The zero-order valence-corrected chi connectivity index (χ0v) is 25.2. The van der Waals surface area contributed by atoms with Crippen LogP contribution in [0.15, 0.2) is 48.6 Å². The molecular formula is C32H42N4O7. The van der Waals surface area contributed by atoms with E-state index in [-0.39, 0.29) is 24.3 Å². The van der Waals surface area contributed by atoms with Crippen LogP contribution in [0.3, 0.4) is 0 Å². The molecule has 1 unspecified atom stereocenters. The topological polar surface area (TPSA) is 112 Å². The lowest BCUT2D eigenvalue weighted by atomic mass is 9.74. The first-order valence-electron chi connectivity index (χ1n) is 15.4. The van der Waals surface area contributed by atoms with Gasteiger partial charge in [0.15, 0.2) is 0 Å². The smallest absolute Gasteiger partial charge is 0.249 e. The van der Waals surface area contributed by atoms with Crippen molar-refractivity contribution in [1.29, 1.82) is 0 Å². The predicted octanol–water partition coefficient (Wildman–Crippen LogP) is 1.07. The summed E-state index contributed by atoms with van der Waals surface area (Å²) >= 11 is 0. The number of morpholine rings is 1. The SMILES string of the molecule is CCOc1ccc(N2CC=C[C@]3(C)O[C@]45C=CCN(CCN6CCOCC6)C(=O)C4N([C@H](C)CO)C(=O)[C@@H]5[C@@H]3C2=O)cc1. The van der Waals surface area contributed by atoms with E-state index in [0.29, 0.717) is 57.4 Å². The fourth-order valence-electron chi connectivity index (χ4n) is 7.48. The number of amides is 3. The molecule has 0 radical (unpaired) electrons. The molecular weight excluding hydrogens is 552 g/mol. The molecule has 3 fully saturated rings. The Balaban J connectivity index is 1.35. The average molecular weight is 595 g/mol. The summed E-state index contributed by atoms with van der Waals surface area (Å²) in [7, 11) is 0. The second-order valence-electron chi connectivity index (χ2n) is 12.2. The summed E-state index contributed by atoms with van der Waals surface area (Å²) in [6, 6.07) is 5.69. The molecule has 0 aromatic heterocycles. The van der Waals surface area contributed by atoms with E-state index in [4.69, 9.17) is 14.2 Å². The van der Waals surface area contributed by atoms with Crippen molar-refractivity contribution >= 4 is 23.4 Å². The monoisotopic (exact) mass is 594 g/mol. The van der Waals surface area contributed by atoms with Crippen LogP contribution in [-0.2, 0) is 23.9 Å². The van der Waals surface area contributed by atoms with E-state index >= 15 is 0 Å². The van der Waals surface area contributed by atoms with Crippen LogP contribution in [0.25, 0.3) is 0 Å². The maximum atomic E-state index is 14.5. The molecule has 3 saturated heterocycles. The Bertz CT molecular complexity index is 1290. The molecule has 6 atom stereocenters. The normalized spacial score (nSPS) is 33.3. The molecule has 232 valence electrons. The van der Waals surface area contributed by atoms with Gasteiger partial charge in [0.25, 0.3) is 0 Å². The Hall–Kier alpha value is -3.25. The van der Waals surface area contributed by atoms with Gasteiger partial charge in [-0.25, -0.2) is 0 Å². The Morgan fingerprint density at radius 1 is 0.977 bits per heavy atom. The molecule has 11 nitrogen and oxygen atoms in total. The molecule has 5 heterocycles. The van der Waals surface area contributed by atoms with Gasteiger partial charge in [-0.15, -0.1) is 0 Å². The highest BCUT2D eigenvalue weighted by atomic mass is 16.5. The molecule has 6 rings (SSSR count). The minimum Gasteiger partial charge on any atom is -0.494 e. The van der Waals surface area contributed by atoms with Crippen molar-refractivity contribution in [3.8, 4) is 5.75 Å². The van der Waals surface area contributed by atoms with E-state index in [1.807, 2.05) is 62.4 Å². The number of carbonyl (C=O) groups excluding carboxylic acids is 3. The number of hydrogen-bond donors (Lipinski definition) is 1. The lowest BCUT2D eigenvalue weighted by Gasteiger charge is -2.39. The summed E-state index contributed by atoms with van der Waals surface area (Å²) in [4.78, 5) is 50.5. The lowest BCUT2D eigenvalue weighted by molar-refractivity contribution is -0.153. The maximum Gasteiger partial charge on any atom is 0.249 e. The van der Waals surface area contributed by atoms with E-state index in [2.05, 4.69) is 4.90 Å². The van der Waals surface area contributed by atoms with Crippen molar-refractivity contribution in [3.63, 3.8) is 0 Å². The number of anilines is 1. The molecule has 0 aliphatic carbocycles. The second-order valence-corrected chi connectivity index (χ2v) is 12.2. The van der Waals surface area contributed by atoms with E-state index in [1.165, 1.54) is 4.90 Å². The second kappa shape index (κ2) is 11.7. The Labute approximate surface area is 252 Å². The highest BCUT2D eigenvalue weighted by Gasteiger charge is 2.75. The van der Waals surface area contributed by atoms with Gasteiger partial charge in [0.1, 0.15) is 17.4 Å². The summed E-state index contributed by atoms with van der Waals surface area (Å²) in [5.74, 6) is -1.91. The largest absolute Gasteiger partial charge is 0.494 e. The Morgan fingerprint density at radius 2 is 1.70 bits per heavy atom. The standard InChI is InChI=1S/C32H42N4O7/c1-4-42-24-9-7-23(8-10-24)35-14-5-11-31(3)25(28(35)38)26-29(39)36(22(2)21-37)27-30(40)34(13-6-12-32(26,27)43-31)16-15-33-17-19-41-20-18-33/h5-12,22,25-27,37H,4,13-21H2,1-3H3/t22-,25-,26+,27?,31+,32+/m1/s1. The van der Waals surface area contributed by atoms with Crippen LogP contribution in [0, 0.1) is 11.8 Å². The highest BCUT2D eigenvalue weighted by Crippen LogP contribution is 2.58. The van der Waals surface area contributed by atoms with E-state index < -0.39 is 35.1 Å². The van der Waals surface area contributed by atoms with Crippen molar-refractivity contribution in [1.82, 2.24) is 14.7 Å². The highest BCUT2D eigenvalue weighted by molar-refractivity contribution is 6.04. The number of aliphatic hydroxyl groups excluding tert-OH is 1. The summed E-state index contributed by atoms with van der Waals surface area (Å²) < 4.78 is 17.9. The molecule has 3 amide bonds. The molecule has 1 aromatic carbocycles. The number of rotatable bonds is 8. The zero-order valence-electron chi connectivity index (χ0n) is 25.2. The van der Waals surface area contributed by atoms with Crippen LogP contribution < -0.4 is 9.64 Å². The van der Waals surface area contributed by atoms with E-state index in [0.717, 1.165) is 13.1 Å². The van der Waals surface area contributed by atoms with Crippen LogP contribution >= 0.6 is 0 Å². The Kier molecular flexibility index (Phi) is 8.10. The first-order chi connectivity index (χ1) is 20.7. The molecule has 0 bridgehead atoms. The number of hydrogen-bond acceptors (Lipinski definition) is 8. The van der Waals surface area contributed by atoms with Crippen molar-refractivity contribution in [2.24, 2.45) is 11.8 Å². The first-order valence-corrected chi connectivity index (χ1v) is 15.4. The third-order valence-electron chi connectivity index (χ3n) is 9.57. The van der Waals surface area contributed by atoms with E-state index in [9.17, 15) is 19.5 Å². The van der Waals surface area contributed by atoms with Crippen LogP contribution in [0.4, 0.5) is 5.69 Å². The van der Waals surface area contributed by atoms with Crippen molar-refractivity contribution < 1.29 is 33.7 Å². The number of carbonyl (C=O) groups is 3. The van der Waals surface area contributed by atoms with Gasteiger partial charge in [0.2, 0.25) is 17.7 Å². The molecule has 1 aromatic rings. The summed E-state index contributed by atoms with van der Waals surface area (Å²) in [6.45, 7) is 10.5. The Morgan fingerprint density at radius 3 is 2.40 bits per heavy atom. The van der Waals surface area contributed by atoms with Gasteiger partial charge in [0, 0.05) is 45.0 Å². The van der Waals surface area contributed by atoms with Gasteiger partial charge in [0.05, 0.1) is 49.9 Å². The molecule has 1 N–H and O–H groups in total. The van der Waals surface area contributed by atoms with Crippen LogP contribution in [0.5, 0.6) is 5.75 Å². The van der Waals surface area contributed by atoms with Crippen LogP contribution in [-0.4, -0.2) is 127 Å². The maximum absolute atomic E-state index is 14.5. The summed E-state index contributed by atoms with van der Waals surface area (Å²) in [5.41, 5.74) is -1.78. The molecule has 11 heteroatoms. The van der Waals surface area contributed by atoms with E-state index in [1.54, 1.807) is 16.7 Å². The number of nitrogens with zero attached hydrogens (tertiary/aromatic N) is 4. The van der Waals surface area contributed by atoms with Crippen LogP contribution in [0.2, 0.25) is 0 Å². The summed E-state index contributed by atoms with van der Waals surface area (Å²) in [5, 5.41) is 10.2. The van der Waals surface area contributed by atoms with Gasteiger partial charge in [-0.3, -0.25) is 19.3 Å². The number of benzene rings is 1. The van der Waals surface area contributed by atoms with Gasteiger partial charge in [-0.05, 0) is 45.0 Å². The van der Waals surface area contributed by atoms with Crippen molar-refractivity contribution in [3.05, 3.63) is 48.6 Å². The van der Waals surface area contributed by atoms with Crippen molar-refractivity contribution in [2.45, 2.75) is 44.1 Å². The zero-order chi connectivity index (χ0) is 30.4. The average Bonchev–Trinajstić information content (AvgIpc) is 3.29. The minimum atomic E-state index is -1.35. The van der Waals surface area contributed by atoms with Gasteiger partial charge >= 0.3 is 0 Å². The van der Waals surface area contributed by atoms with Gasteiger partial charge < -0.3 is 34.0 Å². The minimum absolute atomic E-state index is 0.228. The van der Waals surface area contributed by atoms with Gasteiger partial charge in [-0.2, -0.15) is 0 Å². The molecule has 43 heavy (non-hydrogen) atoms. The number of fused-ring (bicyclic) bond motifs is 2. The molecule has 1 spiro atoms. The number of likely N-dealkylation sites (tertiary alicyclic amines) is 1. The third-order valence-corrected chi connectivity index (χ3v) is 9.57. The molecule has 5 aliphatic heterocycles. The summed E-state index contributed by atoms with van der Waals surface area (Å²) in [6.07, 6.45) is 7.52. The lowest BCUT2D eigenvalue weighted by Crippen LogP contribution is -2.58. The predicted molar refractivity (Wildman–Crippen MR) is 158 cm³/mol. The first kappa shape index (κ1) is 29.8. The van der Waals surface area contributed by atoms with Gasteiger partial charge in [-0.1, -0.05) is 24.3 Å². The number of aliphatic hydroxyl groups is 1. The fourth-order valence-corrected chi connectivity index (χ4v) is 7.48. The number of ether oxygens (including phenoxy) is 3. The fraction of sp³-hybridized carbons (Fsp3) is 0.594. The third kappa shape index (κ3) is 4.96. The quantitative estimate of drug-likeness (QED) is 0.445. The van der Waals surface area contributed by atoms with Crippen LogP contribution in [0.1, 0.15) is 20.8 Å². The molecule has 5 aliphatic rings. The van der Waals surface area contributed by atoms with Crippen molar-refractivity contribution in [2.75, 3.05) is 70.6 Å². The molecule has 0 saturated carbocycles.